The topological polar surface area (TPSA) is 49.2 Å². The van der Waals surface area contributed by atoms with Crippen LogP contribution in [0.2, 0.25) is 0 Å². The number of fused-ring (bicyclic) bond motifs is 2. The molecule has 0 radical (unpaired) electrons. The molecular formula is C17H11F4N3O2S. The zero-order chi connectivity index (χ0) is 18.9. The first kappa shape index (κ1) is 16.7. The Morgan fingerprint density at radius 1 is 1.15 bits per heavy atom. The molecule has 0 atom stereocenters. The Bertz CT molecular complexity index is 1080. The van der Waals surface area contributed by atoms with E-state index < -0.39 is 12.8 Å². The maximum absolute atomic E-state index is 13.8. The third kappa shape index (κ3) is 2.70. The van der Waals surface area contributed by atoms with Gasteiger partial charge in [-0.1, -0.05) is 0 Å². The zero-order valence-electron chi connectivity index (χ0n) is 13.5. The van der Waals surface area contributed by atoms with Gasteiger partial charge in [0.1, 0.15) is 5.69 Å². The maximum atomic E-state index is 13.8. The molecule has 1 fully saturated rings. The fourth-order valence-corrected chi connectivity index (χ4v) is 3.49. The smallest absolute Gasteiger partial charge is 0.395 e. The van der Waals surface area contributed by atoms with Crippen LogP contribution in [0.15, 0.2) is 29.3 Å². The Hall–Kier alpha value is -2.49. The molecule has 2 aromatic heterocycles. The van der Waals surface area contributed by atoms with E-state index >= 15 is 0 Å². The molecule has 140 valence electrons. The quantitative estimate of drug-likeness (QED) is 0.500. The molecule has 0 unspecified atom stereocenters. The number of rotatable bonds is 3. The fourth-order valence-electron chi connectivity index (χ4n) is 3.18. The molecule has 0 saturated heterocycles. The lowest BCUT2D eigenvalue weighted by atomic mass is 10.2. The number of alkyl halides is 4. The summed E-state index contributed by atoms with van der Waals surface area (Å²) in [6.07, 6.45) is -0.0628. The van der Waals surface area contributed by atoms with Crippen LogP contribution >= 0.6 is 12.6 Å². The first-order chi connectivity index (χ1) is 12.8. The van der Waals surface area contributed by atoms with Gasteiger partial charge in [0.25, 0.3) is 0 Å². The van der Waals surface area contributed by atoms with Crippen molar-refractivity contribution in [3.8, 4) is 23.0 Å². The molecule has 5 nitrogen and oxygen atoms in total. The molecule has 1 aliphatic carbocycles. The SMILES string of the molecule is FC(F)n1c(-c2ncc(C3CC3)cc2S)nc2cc3c(cc21)OC(F)(F)O3. The second-order valence-electron chi connectivity index (χ2n) is 6.45. The van der Waals surface area contributed by atoms with Crippen molar-refractivity contribution in [3.05, 3.63) is 30.0 Å². The van der Waals surface area contributed by atoms with E-state index in [1.807, 2.05) is 0 Å². The second kappa shape index (κ2) is 5.51. The predicted molar refractivity (Wildman–Crippen MR) is 89.6 cm³/mol. The number of nitrogens with zero attached hydrogens (tertiary/aromatic N) is 3. The second-order valence-corrected chi connectivity index (χ2v) is 6.93. The van der Waals surface area contributed by atoms with E-state index in [0.717, 1.165) is 30.5 Å². The predicted octanol–water partition coefficient (Wildman–Crippen LogP) is 4.98. The Balaban J connectivity index is 1.68. The normalized spacial score (nSPS) is 17.9. The summed E-state index contributed by atoms with van der Waals surface area (Å²) in [7, 11) is 0. The van der Waals surface area contributed by atoms with Crippen molar-refractivity contribution in [1.29, 1.82) is 0 Å². The highest BCUT2D eigenvalue weighted by atomic mass is 32.1. The standard InChI is InChI=1S/C17H11F4N3O2S/c18-16(19)24-10-5-12-11(25-17(20,21)26-12)4-9(10)23-15(24)14-13(27)3-8(6-22-14)7-1-2-7/h3-7,16,27H,1-2H2. The number of hydrogen-bond donors (Lipinski definition) is 1. The van der Waals surface area contributed by atoms with E-state index in [-0.39, 0.29) is 34.1 Å². The van der Waals surface area contributed by atoms with Gasteiger partial charge in [0.2, 0.25) is 0 Å². The van der Waals surface area contributed by atoms with Crippen LogP contribution in [0.1, 0.15) is 30.9 Å². The number of benzene rings is 1. The van der Waals surface area contributed by atoms with Crippen molar-refractivity contribution in [2.75, 3.05) is 0 Å². The lowest BCUT2D eigenvalue weighted by Gasteiger charge is -2.10. The molecule has 27 heavy (non-hydrogen) atoms. The minimum atomic E-state index is -3.84. The van der Waals surface area contributed by atoms with Crippen molar-refractivity contribution in [1.82, 2.24) is 14.5 Å². The Morgan fingerprint density at radius 2 is 1.85 bits per heavy atom. The summed E-state index contributed by atoms with van der Waals surface area (Å²) in [5.74, 6) is -0.266. The van der Waals surface area contributed by atoms with Gasteiger partial charge < -0.3 is 9.47 Å². The van der Waals surface area contributed by atoms with Crippen LogP contribution in [-0.4, -0.2) is 20.8 Å². The summed E-state index contributed by atoms with van der Waals surface area (Å²) in [4.78, 5) is 8.87. The van der Waals surface area contributed by atoms with E-state index in [0.29, 0.717) is 15.4 Å². The molecule has 1 saturated carbocycles. The number of hydrogen-bond acceptors (Lipinski definition) is 5. The van der Waals surface area contributed by atoms with Crippen LogP contribution in [0.25, 0.3) is 22.6 Å². The van der Waals surface area contributed by atoms with Crippen molar-refractivity contribution in [3.63, 3.8) is 0 Å². The average Bonchev–Trinajstić information content (AvgIpc) is 3.29. The molecule has 1 aromatic carbocycles. The summed E-state index contributed by atoms with van der Waals surface area (Å²) in [5, 5.41) is 0. The summed E-state index contributed by atoms with van der Waals surface area (Å²) in [6.45, 7) is -2.97. The van der Waals surface area contributed by atoms with Gasteiger partial charge in [-0.3, -0.25) is 9.55 Å². The minimum Gasteiger partial charge on any atom is -0.395 e. The van der Waals surface area contributed by atoms with Crippen molar-refractivity contribution in [2.24, 2.45) is 0 Å². The van der Waals surface area contributed by atoms with Crippen LogP contribution < -0.4 is 9.47 Å². The Kier molecular flexibility index (Phi) is 3.40. The summed E-state index contributed by atoms with van der Waals surface area (Å²) in [5.41, 5.74) is 1.19. The molecular weight excluding hydrogens is 386 g/mol. The highest BCUT2D eigenvalue weighted by molar-refractivity contribution is 7.80. The van der Waals surface area contributed by atoms with Crippen LogP contribution in [-0.2, 0) is 0 Å². The molecule has 2 aliphatic rings. The average molecular weight is 397 g/mol. The summed E-state index contributed by atoms with van der Waals surface area (Å²) in [6, 6.07) is 4.00. The molecule has 3 aromatic rings. The van der Waals surface area contributed by atoms with Crippen molar-refractivity contribution >= 4 is 23.7 Å². The number of aromatic nitrogens is 3. The summed E-state index contributed by atoms with van der Waals surface area (Å²) >= 11 is 4.38. The van der Waals surface area contributed by atoms with Gasteiger partial charge in [-0.25, -0.2) is 4.98 Å². The highest BCUT2D eigenvalue weighted by Gasteiger charge is 2.44. The van der Waals surface area contributed by atoms with E-state index in [9.17, 15) is 17.6 Å². The monoisotopic (exact) mass is 397 g/mol. The third-order valence-corrected chi connectivity index (χ3v) is 4.90. The molecule has 0 N–H and O–H groups in total. The maximum Gasteiger partial charge on any atom is 0.586 e. The van der Waals surface area contributed by atoms with Crippen LogP contribution in [0.3, 0.4) is 0 Å². The zero-order valence-corrected chi connectivity index (χ0v) is 14.4. The number of pyridine rings is 1. The van der Waals surface area contributed by atoms with Gasteiger partial charge in [0, 0.05) is 23.2 Å². The minimum absolute atomic E-state index is 0.0613. The van der Waals surface area contributed by atoms with E-state index in [2.05, 4.69) is 32.1 Å². The summed E-state index contributed by atoms with van der Waals surface area (Å²) < 4.78 is 63.3. The molecule has 1 aliphatic heterocycles. The van der Waals surface area contributed by atoms with Crippen LogP contribution in [0.5, 0.6) is 11.5 Å². The molecule has 5 rings (SSSR count). The lowest BCUT2D eigenvalue weighted by molar-refractivity contribution is -0.286. The number of halogens is 4. The first-order valence-corrected chi connectivity index (χ1v) is 8.56. The molecule has 3 heterocycles. The lowest BCUT2D eigenvalue weighted by Crippen LogP contribution is -2.25. The van der Waals surface area contributed by atoms with Gasteiger partial charge in [-0.2, -0.15) is 8.78 Å². The van der Waals surface area contributed by atoms with Gasteiger partial charge >= 0.3 is 12.8 Å². The van der Waals surface area contributed by atoms with E-state index in [1.165, 1.54) is 0 Å². The number of imidazole rings is 1. The van der Waals surface area contributed by atoms with Crippen molar-refractivity contribution in [2.45, 2.75) is 36.5 Å². The van der Waals surface area contributed by atoms with E-state index in [1.54, 1.807) is 12.3 Å². The van der Waals surface area contributed by atoms with Gasteiger partial charge in [0.05, 0.1) is 11.0 Å². The highest BCUT2D eigenvalue weighted by Crippen LogP contribution is 2.45. The van der Waals surface area contributed by atoms with Crippen LogP contribution in [0.4, 0.5) is 17.6 Å². The third-order valence-electron chi connectivity index (χ3n) is 4.56. The largest absolute Gasteiger partial charge is 0.586 e. The molecule has 10 heteroatoms. The molecule has 0 amide bonds. The number of ether oxygens (including phenoxy) is 2. The van der Waals surface area contributed by atoms with Crippen LogP contribution in [0, 0.1) is 0 Å². The van der Waals surface area contributed by atoms with Gasteiger partial charge in [0.15, 0.2) is 17.3 Å². The Morgan fingerprint density at radius 3 is 2.48 bits per heavy atom. The van der Waals surface area contributed by atoms with Gasteiger partial charge in [-0.15, -0.1) is 21.4 Å². The van der Waals surface area contributed by atoms with Gasteiger partial charge in [-0.05, 0) is 30.4 Å². The molecule has 0 bridgehead atoms. The molecule has 0 spiro atoms. The first-order valence-electron chi connectivity index (χ1n) is 8.11. The fraction of sp³-hybridized carbons (Fsp3) is 0.294. The Labute approximate surface area is 155 Å². The number of thiol groups is 1. The van der Waals surface area contributed by atoms with Crippen molar-refractivity contribution < 1.29 is 27.0 Å². The van der Waals surface area contributed by atoms with E-state index in [4.69, 9.17) is 0 Å².